The van der Waals surface area contributed by atoms with Gasteiger partial charge in [-0.2, -0.15) is 0 Å². The summed E-state index contributed by atoms with van der Waals surface area (Å²) in [7, 11) is 0. The van der Waals surface area contributed by atoms with Crippen LogP contribution in [0, 0.1) is 10.5 Å². The Bertz CT molecular complexity index is 224. The second kappa shape index (κ2) is 2.84. The maximum Gasteiger partial charge on any atom is 0.142 e. The molecule has 1 aromatic rings. The normalized spacial score (nSPS) is 9.67. The minimum absolute atomic E-state index is 0.593. The van der Waals surface area contributed by atoms with Crippen molar-refractivity contribution in [1.82, 2.24) is 4.98 Å². The first kappa shape index (κ1) is 7.28. The third-order valence-corrected chi connectivity index (χ3v) is 2.42. The van der Waals surface area contributed by atoms with Gasteiger partial charge >= 0.3 is 0 Å². The summed E-state index contributed by atoms with van der Waals surface area (Å²) < 4.78 is 1.000. The van der Waals surface area contributed by atoms with Gasteiger partial charge in [0.25, 0.3) is 0 Å². The van der Waals surface area contributed by atoms with Crippen molar-refractivity contribution < 1.29 is 0 Å². The van der Waals surface area contributed by atoms with E-state index in [0.717, 1.165) is 9.26 Å². The van der Waals surface area contributed by atoms with E-state index < -0.39 is 0 Å². The SMILES string of the molecule is Cc1ccc(I)c(Cl)n1. The quantitative estimate of drug-likeness (QED) is 0.512. The Labute approximate surface area is 72.6 Å². The molecular weight excluding hydrogens is 248 g/mol. The van der Waals surface area contributed by atoms with E-state index in [1.54, 1.807) is 0 Å². The zero-order chi connectivity index (χ0) is 6.85. The predicted octanol–water partition coefficient (Wildman–Crippen LogP) is 2.65. The van der Waals surface area contributed by atoms with Gasteiger partial charge in [-0.1, -0.05) is 11.6 Å². The average molecular weight is 253 g/mol. The third-order valence-electron chi connectivity index (χ3n) is 0.942. The zero-order valence-corrected chi connectivity index (χ0v) is 7.77. The fourth-order valence-corrected chi connectivity index (χ4v) is 1.00. The van der Waals surface area contributed by atoms with Gasteiger partial charge in [0.2, 0.25) is 0 Å². The Morgan fingerprint density at radius 3 is 2.67 bits per heavy atom. The van der Waals surface area contributed by atoms with E-state index in [0.29, 0.717) is 5.15 Å². The lowest BCUT2D eigenvalue weighted by molar-refractivity contribution is 1.19. The molecule has 0 unspecified atom stereocenters. The molecule has 0 N–H and O–H groups in total. The highest BCUT2D eigenvalue weighted by Gasteiger charge is 1.94. The number of hydrogen-bond donors (Lipinski definition) is 0. The van der Waals surface area contributed by atoms with Crippen molar-refractivity contribution in [2.75, 3.05) is 0 Å². The topological polar surface area (TPSA) is 12.9 Å². The van der Waals surface area contributed by atoms with Gasteiger partial charge in [0.15, 0.2) is 0 Å². The molecule has 0 saturated carbocycles. The first-order valence-electron chi connectivity index (χ1n) is 2.49. The van der Waals surface area contributed by atoms with Crippen molar-refractivity contribution >= 4 is 34.2 Å². The van der Waals surface area contributed by atoms with Crippen molar-refractivity contribution in [2.24, 2.45) is 0 Å². The summed E-state index contributed by atoms with van der Waals surface area (Å²) in [5.41, 5.74) is 0.959. The fraction of sp³-hybridized carbons (Fsp3) is 0.167. The van der Waals surface area contributed by atoms with Gasteiger partial charge in [-0.15, -0.1) is 0 Å². The molecule has 0 aliphatic carbocycles. The van der Waals surface area contributed by atoms with E-state index in [2.05, 4.69) is 27.6 Å². The lowest BCUT2D eigenvalue weighted by Crippen LogP contribution is -1.82. The van der Waals surface area contributed by atoms with Crippen molar-refractivity contribution in [3.8, 4) is 0 Å². The number of rotatable bonds is 0. The van der Waals surface area contributed by atoms with E-state index in [-0.39, 0.29) is 0 Å². The van der Waals surface area contributed by atoms with Crippen molar-refractivity contribution in [2.45, 2.75) is 6.92 Å². The maximum absolute atomic E-state index is 5.70. The highest BCUT2D eigenvalue weighted by atomic mass is 127. The summed E-state index contributed by atoms with van der Waals surface area (Å²) in [4.78, 5) is 4.03. The Morgan fingerprint density at radius 1 is 1.56 bits per heavy atom. The van der Waals surface area contributed by atoms with Crippen LogP contribution in [-0.4, -0.2) is 4.98 Å². The van der Waals surface area contributed by atoms with Gasteiger partial charge in [0.1, 0.15) is 5.15 Å². The van der Waals surface area contributed by atoms with Crippen LogP contribution in [0.5, 0.6) is 0 Å². The summed E-state index contributed by atoms with van der Waals surface area (Å²) in [6.07, 6.45) is 0. The van der Waals surface area contributed by atoms with Crippen molar-refractivity contribution in [3.63, 3.8) is 0 Å². The minimum atomic E-state index is 0.593. The smallest absolute Gasteiger partial charge is 0.142 e. The molecule has 9 heavy (non-hydrogen) atoms. The molecule has 0 bridgehead atoms. The highest BCUT2D eigenvalue weighted by molar-refractivity contribution is 14.1. The van der Waals surface area contributed by atoms with E-state index in [1.807, 2.05) is 19.1 Å². The van der Waals surface area contributed by atoms with E-state index in [4.69, 9.17) is 11.6 Å². The second-order valence-corrected chi connectivity index (χ2v) is 3.25. The third kappa shape index (κ3) is 1.79. The van der Waals surface area contributed by atoms with Crippen LogP contribution < -0.4 is 0 Å². The van der Waals surface area contributed by atoms with Gasteiger partial charge in [-0.05, 0) is 41.6 Å². The molecule has 0 radical (unpaired) electrons. The van der Waals surface area contributed by atoms with Crippen LogP contribution in [0.25, 0.3) is 0 Å². The molecule has 1 rings (SSSR count). The Morgan fingerprint density at radius 2 is 2.22 bits per heavy atom. The molecular formula is C6H5ClIN. The van der Waals surface area contributed by atoms with Crippen LogP contribution in [0.15, 0.2) is 12.1 Å². The van der Waals surface area contributed by atoms with Gasteiger partial charge in [0.05, 0.1) is 3.57 Å². The minimum Gasteiger partial charge on any atom is -0.240 e. The van der Waals surface area contributed by atoms with Gasteiger partial charge in [0, 0.05) is 5.69 Å². The first-order valence-corrected chi connectivity index (χ1v) is 3.94. The average Bonchev–Trinajstić information content (AvgIpc) is 1.80. The summed E-state index contributed by atoms with van der Waals surface area (Å²) >= 11 is 7.84. The van der Waals surface area contributed by atoms with Crippen LogP contribution >= 0.6 is 34.2 Å². The largest absolute Gasteiger partial charge is 0.240 e. The molecule has 48 valence electrons. The van der Waals surface area contributed by atoms with Gasteiger partial charge < -0.3 is 0 Å². The summed E-state index contributed by atoms with van der Waals surface area (Å²) in [5.74, 6) is 0. The number of pyridine rings is 1. The Hall–Kier alpha value is 0.170. The molecule has 0 spiro atoms. The molecule has 1 nitrogen and oxygen atoms in total. The molecule has 0 atom stereocenters. The standard InChI is InChI=1S/C6H5ClIN/c1-4-2-3-5(8)6(7)9-4/h2-3H,1H3. The van der Waals surface area contributed by atoms with Crippen LogP contribution in [-0.2, 0) is 0 Å². The highest BCUT2D eigenvalue weighted by Crippen LogP contribution is 2.14. The molecule has 0 fully saturated rings. The van der Waals surface area contributed by atoms with Gasteiger partial charge in [-0.3, -0.25) is 0 Å². The molecule has 1 aromatic heterocycles. The molecule has 0 aliphatic heterocycles. The summed E-state index contributed by atoms with van der Waals surface area (Å²) in [5, 5.41) is 0.593. The van der Waals surface area contributed by atoms with E-state index in [1.165, 1.54) is 0 Å². The van der Waals surface area contributed by atoms with Crippen LogP contribution in [0.1, 0.15) is 5.69 Å². The molecule has 0 saturated heterocycles. The molecule has 1 heterocycles. The summed E-state index contributed by atoms with van der Waals surface area (Å²) in [6, 6.07) is 3.89. The van der Waals surface area contributed by atoms with Crippen LogP contribution in [0.2, 0.25) is 5.15 Å². The van der Waals surface area contributed by atoms with E-state index >= 15 is 0 Å². The lowest BCUT2D eigenvalue weighted by Gasteiger charge is -1.93. The molecule has 3 heteroatoms. The fourth-order valence-electron chi connectivity index (χ4n) is 0.508. The lowest BCUT2D eigenvalue weighted by atomic mass is 10.4. The predicted molar refractivity (Wildman–Crippen MR) is 46.7 cm³/mol. The first-order chi connectivity index (χ1) is 4.20. The summed E-state index contributed by atoms with van der Waals surface area (Å²) in [6.45, 7) is 1.92. The second-order valence-electron chi connectivity index (χ2n) is 1.73. The van der Waals surface area contributed by atoms with Crippen LogP contribution in [0.3, 0.4) is 0 Å². The molecule has 0 aromatic carbocycles. The Kier molecular flexibility index (Phi) is 2.29. The van der Waals surface area contributed by atoms with E-state index in [9.17, 15) is 0 Å². The number of aromatic nitrogens is 1. The van der Waals surface area contributed by atoms with Crippen molar-refractivity contribution in [1.29, 1.82) is 0 Å². The van der Waals surface area contributed by atoms with Crippen LogP contribution in [0.4, 0.5) is 0 Å². The monoisotopic (exact) mass is 253 g/mol. The Balaban J connectivity index is 3.17. The number of hydrogen-bond acceptors (Lipinski definition) is 1. The maximum atomic E-state index is 5.70. The number of nitrogens with zero attached hydrogens (tertiary/aromatic N) is 1. The number of aryl methyl sites for hydroxylation is 1. The zero-order valence-electron chi connectivity index (χ0n) is 4.86. The molecule has 0 amide bonds. The van der Waals surface area contributed by atoms with Gasteiger partial charge in [-0.25, -0.2) is 4.98 Å². The number of halogens is 2. The van der Waals surface area contributed by atoms with Crippen molar-refractivity contribution in [3.05, 3.63) is 26.5 Å². The molecule has 0 aliphatic rings.